The van der Waals surface area contributed by atoms with Gasteiger partial charge < -0.3 is 10.1 Å². The summed E-state index contributed by atoms with van der Waals surface area (Å²) in [7, 11) is 1.71. The van der Waals surface area contributed by atoms with Crippen LogP contribution in [0.25, 0.3) is 11.3 Å². The first kappa shape index (κ1) is 14.3. The van der Waals surface area contributed by atoms with Gasteiger partial charge in [-0.2, -0.15) is 0 Å². The van der Waals surface area contributed by atoms with Gasteiger partial charge >= 0.3 is 0 Å². The van der Waals surface area contributed by atoms with E-state index in [2.05, 4.69) is 15.3 Å². The summed E-state index contributed by atoms with van der Waals surface area (Å²) in [6.07, 6.45) is 0. The predicted octanol–water partition coefficient (Wildman–Crippen LogP) is 3.00. The molecular weight excluding hydrogens is 264 g/mol. The van der Waals surface area contributed by atoms with Crippen molar-refractivity contribution in [3.05, 3.63) is 41.7 Å². The maximum Gasteiger partial charge on any atom is 0.157 e. The molecule has 0 saturated heterocycles. The van der Waals surface area contributed by atoms with E-state index in [1.54, 1.807) is 13.1 Å². The maximum atomic E-state index is 13.3. The Kier molecular flexibility index (Phi) is 4.57. The zero-order valence-corrected chi connectivity index (χ0v) is 11.3. The van der Waals surface area contributed by atoms with Crippen LogP contribution in [0.2, 0.25) is 0 Å². The van der Waals surface area contributed by atoms with E-state index in [1.807, 2.05) is 6.92 Å². The predicted molar refractivity (Wildman–Crippen MR) is 72.3 cm³/mol. The van der Waals surface area contributed by atoms with Crippen molar-refractivity contribution in [2.75, 3.05) is 19.0 Å². The number of aromatic nitrogens is 2. The Morgan fingerprint density at radius 2 is 1.80 bits per heavy atom. The summed E-state index contributed by atoms with van der Waals surface area (Å²) in [5, 5.41) is 2.89. The highest BCUT2D eigenvalue weighted by Gasteiger charge is 2.09. The Bertz CT molecular complexity index is 585. The van der Waals surface area contributed by atoms with E-state index in [-0.39, 0.29) is 6.61 Å². The van der Waals surface area contributed by atoms with Gasteiger partial charge in [0, 0.05) is 31.4 Å². The van der Waals surface area contributed by atoms with Crippen molar-refractivity contribution in [1.29, 1.82) is 0 Å². The molecule has 0 atom stereocenters. The first-order valence-electron chi connectivity index (χ1n) is 6.22. The monoisotopic (exact) mass is 279 g/mol. The van der Waals surface area contributed by atoms with Crippen LogP contribution in [0.4, 0.5) is 14.6 Å². The van der Waals surface area contributed by atoms with E-state index in [0.29, 0.717) is 29.5 Å². The molecule has 0 bridgehead atoms. The zero-order chi connectivity index (χ0) is 14.5. The molecule has 1 heterocycles. The summed E-state index contributed by atoms with van der Waals surface area (Å²) >= 11 is 0. The van der Waals surface area contributed by atoms with Gasteiger partial charge in [0.1, 0.15) is 24.1 Å². The minimum Gasteiger partial charge on any atom is -0.374 e. The second kappa shape index (κ2) is 6.38. The molecule has 0 aliphatic heterocycles. The fourth-order valence-electron chi connectivity index (χ4n) is 1.73. The molecular formula is C14H15F2N3O. The smallest absolute Gasteiger partial charge is 0.157 e. The van der Waals surface area contributed by atoms with Crippen molar-refractivity contribution >= 4 is 5.82 Å². The summed E-state index contributed by atoms with van der Waals surface area (Å²) in [6, 6.07) is 4.92. The van der Waals surface area contributed by atoms with Crippen molar-refractivity contribution < 1.29 is 13.5 Å². The molecule has 0 unspecified atom stereocenters. The van der Waals surface area contributed by atoms with Crippen LogP contribution in [0.1, 0.15) is 12.7 Å². The SMILES string of the molecule is CCOCc1nc(NC)cc(-c2cc(F)cc(F)c2)n1. The Labute approximate surface area is 115 Å². The lowest BCUT2D eigenvalue weighted by atomic mass is 10.1. The zero-order valence-electron chi connectivity index (χ0n) is 11.3. The van der Waals surface area contributed by atoms with Crippen LogP contribution in [0, 0.1) is 11.6 Å². The fraction of sp³-hybridized carbons (Fsp3) is 0.286. The molecule has 2 rings (SSSR count). The number of hydrogen-bond donors (Lipinski definition) is 1. The first-order valence-corrected chi connectivity index (χ1v) is 6.22. The van der Waals surface area contributed by atoms with Gasteiger partial charge in [-0.3, -0.25) is 0 Å². The summed E-state index contributed by atoms with van der Waals surface area (Å²) in [6.45, 7) is 2.65. The van der Waals surface area contributed by atoms with E-state index in [1.165, 1.54) is 12.1 Å². The van der Waals surface area contributed by atoms with Gasteiger partial charge in [0.2, 0.25) is 0 Å². The quantitative estimate of drug-likeness (QED) is 0.914. The molecule has 6 heteroatoms. The molecule has 0 radical (unpaired) electrons. The second-order valence-electron chi connectivity index (χ2n) is 4.10. The first-order chi connectivity index (χ1) is 9.62. The summed E-state index contributed by atoms with van der Waals surface area (Å²) < 4.78 is 31.8. The Morgan fingerprint density at radius 1 is 1.10 bits per heavy atom. The molecule has 0 aliphatic rings. The molecule has 0 saturated carbocycles. The Balaban J connectivity index is 2.43. The lowest BCUT2D eigenvalue weighted by Crippen LogP contribution is -2.04. The molecule has 106 valence electrons. The highest BCUT2D eigenvalue weighted by Crippen LogP contribution is 2.22. The van der Waals surface area contributed by atoms with Crippen LogP contribution in [0.3, 0.4) is 0 Å². The van der Waals surface area contributed by atoms with Gasteiger partial charge in [0.05, 0.1) is 5.69 Å². The van der Waals surface area contributed by atoms with Crippen LogP contribution >= 0.6 is 0 Å². The van der Waals surface area contributed by atoms with E-state index >= 15 is 0 Å². The normalized spacial score (nSPS) is 10.6. The Hall–Kier alpha value is -2.08. The van der Waals surface area contributed by atoms with Crippen molar-refractivity contribution in [1.82, 2.24) is 9.97 Å². The molecule has 0 fully saturated rings. The third kappa shape index (κ3) is 3.48. The number of anilines is 1. The van der Waals surface area contributed by atoms with Gasteiger partial charge in [0.15, 0.2) is 5.82 Å². The third-order valence-corrected chi connectivity index (χ3v) is 2.62. The van der Waals surface area contributed by atoms with Crippen molar-refractivity contribution in [2.45, 2.75) is 13.5 Å². The summed E-state index contributed by atoms with van der Waals surface area (Å²) in [4.78, 5) is 8.49. The highest BCUT2D eigenvalue weighted by atomic mass is 19.1. The van der Waals surface area contributed by atoms with E-state index in [0.717, 1.165) is 6.07 Å². The minimum absolute atomic E-state index is 0.247. The summed E-state index contributed by atoms with van der Waals surface area (Å²) in [5.74, 6) is -0.264. The minimum atomic E-state index is -0.643. The number of nitrogens with one attached hydrogen (secondary N) is 1. The number of nitrogens with zero attached hydrogens (tertiary/aromatic N) is 2. The van der Waals surface area contributed by atoms with Gasteiger partial charge in [0.25, 0.3) is 0 Å². The van der Waals surface area contributed by atoms with Crippen LogP contribution in [0.15, 0.2) is 24.3 Å². The number of hydrogen-bond acceptors (Lipinski definition) is 4. The average molecular weight is 279 g/mol. The maximum absolute atomic E-state index is 13.3. The van der Waals surface area contributed by atoms with E-state index in [4.69, 9.17) is 4.74 Å². The van der Waals surface area contributed by atoms with Gasteiger partial charge in [-0.05, 0) is 19.1 Å². The molecule has 4 nitrogen and oxygen atoms in total. The topological polar surface area (TPSA) is 47.0 Å². The van der Waals surface area contributed by atoms with Crippen LogP contribution in [0.5, 0.6) is 0 Å². The molecule has 20 heavy (non-hydrogen) atoms. The molecule has 0 aliphatic carbocycles. The van der Waals surface area contributed by atoms with Crippen molar-refractivity contribution in [3.63, 3.8) is 0 Å². The molecule has 1 aromatic heterocycles. The molecule has 0 amide bonds. The van der Waals surface area contributed by atoms with E-state index < -0.39 is 11.6 Å². The van der Waals surface area contributed by atoms with Crippen LogP contribution in [-0.4, -0.2) is 23.6 Å². The lowest BCUT2D eigenvalue weighted by molar-refractivity contribution is 0.128. The van der Waals surface area contributed by atoms with Gasteiger partial charge in [-0.1, -0.05) is 0 Å². The Morgan fingerprint density at radius 3 is 2.40 bits per heavy atom. The van der Waals surface area contributed by atoms with Crippen LogP contribution in [-0.2, 0) is 11.3 Å². The second-order valence-corrected chi connectivity index (χ2v) is 4.10. The summed E-state index contributed by atoms with van der Waals surface area (Å²) in [5.41, 5.74) is 0.802. The standard InChI is InChI=1S/C14H15F2N3O/c1-3-20-8-14-18-12(7-13(17-2)19-14)9-4-10(15)6-11(16)5-9/h4-7H,3,8H2,1-2H3,(H,17,18,19). The number of halogens is 2. The van der Waals surface area contributed by atoms with E-state index in [9.17, 15) is 8.78 Å². The number of ether oxygens (including phenoxy) is 1. The largest absolute Gasteiger partial charge is 0.374 e. The van der Waals surface area contributed by atoms with Gasteiger partial charge in [-0.25, -0.2) is 18.7 Å². The highest BCUT2D eigenvalue weighted by molar-refractivity contribution is 5.62. The third-order valence-electron chi connectivity index (χ3n) is 2.62. The van der Waals surface area contributed by atoms with Crippen LogP contribution < -0.4 is 5.32 Å². The molecule has 1 N–H and O–H groups in total. The van der Waals surface area contributed by atoms with Crippen molar-refractivity contribution in [2.24, 2.45) is 0 Å². The fourth-order valence-corrected chi connectivity index (χ4v) is 1.73. The number of benzene rings is 1. The van der Waals surface area contributed by atoms with Crippen molar-refractivity contribution in [3.8, 4) is 11.3 Å². The molecule has 0 spiro atoms. The average Bonchev–Trinajstić information content (AvgIpc) is 2.43. The lowest BCUT2D eigenvalue weighted by Gasteiger charge is -2.08. The molecule has 2 aromatic rings. The van der Waals surface area contributed by atoms with Gasteiger partial charge in [-0.15, -0.1) is 0 Å². The number of rotatable bonds is 5. The molecule has 1 aromatic carbocycles.